The minimum Gasteiger partial charge on any atom is -0.469 e. The number of nitrogens with zero attached hydrogens (tertiary/aromatic N) is 1. The summed E-state index contributed by atoms with van der Waals surface area (Å²) in [4.78, 5) is 24.4. The van der Waals surface area contributed by atoms with Gasteiger partial charge in [-0.25, -0.2) is 4.31 Å². The average Bonchev–Trinajstić information content (AvgIpc) is 2.66. The van der Waals surface area contributed by atoms with E-state index in [0.717, 1.165) is 51.6 Å². The van der Waals surface area contributed by atoms with Crippen LogP contribution in [0.15, 0.2) is 0 Å². The smallest absolute Gasteiger partial charge is 0.309 e. The van der Waals surface area contributed by atoms with Crippen molar-refractivity contribution in [1.82, 2.24) is 4.31 Å². The first-order chi connectivity index (χ1) is 12.9. The third kappa shape index (κ3) is 11.8. The summed E-state index contributed by atoms with van der Waals surface area (Å²) in [6.45, 7) is 10.6. The van der Waals surface area contributed by atoms with E-state index < -0.39 is 9.64 Å². The molecule has 0 aromatic carbocycles. The van der Waals surface area contributed by atoms with E-state index in [2.05, 4.69) is 25.1 Å². The molecule has 0 aliphatic carbocycles. The predicted molar refractivity (Wildman–Crippen MR) is 116 cm³/mol. The molecule has 0 spiro atoms. The van der Waals surface area contributed by atoms with Gasteiger partial charge in [0.25, 0.3) is 0 Å². The molecule has 3 unspecified atom stereocenters. The molecule has 0 bridgehead atoms. The van der Waals surface area contributed by atoms with E-state index in [9.17, 15) is 9.59 Å². The molecule has 0 N–H and O–H groups in total. The van der Waals surface area contributed by atoms with Gasteiger partial charge in [-0.1, -0.05) is 56.6 Å². The number of unbranched alkanes of at least 4 members (excludes halogenated alkanes) is 3. The second-order valence-electron chi connectivity index (χ2n) is 7.00. The van der Waals surface area contributed by atoms with Gasteiger partial charge in [-0.05, 0) is 36.9 Å². The number of hydrogen-bond donors (Lipinski definition) is 0. The molecule has 0 aromatic heterocycles. The van der Waals surface area contributed by atoms with Crippen LogP contribution in [0.1, 0.15) is 72.6 Å². The summed E-state index contributed by atoms with van der Waals surface area (Å²) in [5, 5.41) is 0. The molecule has 0 aliphatic rings. The van der Waals surface area contributed by atoms with Gasteiger partial charge in [0.15, 0.2) is 0 Å². The minimum absolute atomic E-state index is 0.229. The number of rotatable bonds is 16. The van der Waals surface area contributed by atoms with E-state index >= 15 is 0 Å². The lowest BCUT2D eigenvalue weighted by atomic mass is 9.97. The van der Waals surface area contributed by atoms with E-state index in [-0.39, 0.29) is 23.8 Å². The van der Waals surface area contributed by atoms with Crippen LogP contribution in [0.2, 0.25) is 0 Å². The zero-order valence-electron chi connectivity index (χ0n) is 17.8. The Morgan fingerprint density at radius 3 is 2.04 bits per heavy atom. The minimum atomic E-state index is -0.437. The first kappa shape index (κ1) is 26.5. The first-order valence-corrected chi connectivity index (χ1v) is 12.6. The fourth-order valence-corrected chi connectivity index (χ4v) is 5.09. The van der Waals surface area contributed by atoms with Crippen LogP contribution in [0.4, 0.5) is 0 Å². The molecule has 5 nitrogen and oxygen atoms in total. The number of carbonyl (C=O) groups excluding carboxylic acids is 2. The Morgan fingerprint density at radius 2 is 1.56 bits per heavy atom. The molecular formula is C20H39NO4S2. The van der Waals surface area contributed by atoms with Gasteiger partial charge in [0.1, 0.15) is 0 Å². The predicted octanol–water partition coefficient (Wildman–Crippen LogP) is 4.04. The molecule has 0 saturated carbocycles. The quantitative estimate of drug-likeness (QED) is 0.277. The highest BCUT2D eigenvalue weighted by molar-refractivity contribution is 8.27. The molecule has 0 aromatic rings. The molecule has 0 fully saturated rings. The summed E-state index contributed by atoms with van der Waals surface area (Å²) >= 11 is 5.79. The molecule has 0 heterocycles. The summed E-state index contributed by atoms with van der Waals surface area (Å²) in [5.41, 5.74) is 0. The highest BCUT2D eigenvalue weighted by Gasteiger charge is 2.28. The van der Waals surface area contributed by atoms with Gasteiger partial charge in [-0.15, -0.1) is 0 Å². The standard InChI is InChI=1S/C20H39NO4S2/c1-6-9-12-21(13-10-7-2)27(26)16-18(15-17(4)19(22)24-5)20(23)25-14-11-8-3/h17-18H,6-16H2,1-5H3. The molecular weight excluding hydrogens is 382 g/mol. The normalized spacial score (nSPS) is 14.6. The Labute approximate surface area is 173 Å². The van der Waals surface area contributed by atoms with E-state index in [4.69, 9.17) is 20.7 Å². The summed E-state index contributed by atoms with van der Waals surface area (Å²) in [5.74, 6) is -0.658. The zero-order valence-corrected chi connectivity index (χ0v) is 19.5. The van der Waals surface area contributed by atoms with Crippen LogP contribution in [0.5, 0.6) is 0 Å². The number of methoxy groups -OCH3 is 1. The topological polar surface area (TPSA) is 55.8 Å². The van der Waals surface area contributed by atoms with Gasteiger partial charge in [-0.2, -0.15) is 0 Å². The molecule has 0 saturated heterocycles. The molecule has 27 heavy (non-hydrogen) atoms. The maximum absolute atomic E-state index is 12.6. The monoisotopic (exact) mass is 421 g/mol. The lowest BCUT2D eigenvalue weighted by Gasteiger charge is -2.27. The second kappa shape index (κ2) is 16.4. The second-order valence-corrected chi connectivity index (χ2v) is 9.65. The van der Waals surface area contributed by atoms with Gasteiger partial charge in [0.2, 0.25) is 0 Å². The Balaban J connectivity index is 5.06. The summed E-state index contributed by atoms with van der Waals surface area (Å²) in [6.07, 6.45) is 6.71. The molecule has 0 radical (unpaired) electrons. The Kier molecular flexibility index (Phi) is 16.1. The van der Waals surface area contributed by atoms with Crippen molar-refractivity contribution in [1.29, 1.82) is 0 Å². The van der Waals surface area contributed by atoms with Crippen molar-refractivity contribution < 1.29 is 19.1 Å². The average molecular weight is 422 g/mol. The molecule has 0 amide bonds. The van der Waals surface area contributed by atoms with E-state index in [1.165, 1.54) is 7.11 Å². The third-order valence-electron chi connectivity index (χ3n) is 4.47. The molecule has 7 heteroatoms. The van der Waals surface area contributed by atoms with Crippen LogP contribution in [-0.4, -0.2) is 48.8 Å². The van der Waals surface area contributed by atoms with Gasteiger partial charge in [-0.3, -0.25) is 9.59 Å². The van der Waals surface area contributed by atoms with Crippen molar-refractivity contribution in [2.24, 2.45) is 11.8 Å². The highest BCUT2D eigenvalue weighted by atomic mass is 32.8. The van der Waals surface area contributed by atoms with Crippen molar-refractivity contribution in [2.45, 2.75) is 72.6 Å². The summed E-state index contributed by atoms with van der Waals surface area (Å²) < 4.78 is 12.6. The van der Waals surface area contributed by atoms with E-state index in [0.29, 0.717) is 18.8 Å². The first-order valence-electron chi connectivity index (χ1n) is 10.3. The van der Waals surface area contributed by atoms with Gasteiger partial charge in [0.05, 0.1) is 25.6 Å². The van der Waals surface area contributed by atoms with Crippen LogP contribution in [0, 0.1) is 11.8 Å². The summed E-state index contributed by atoms with van der Waals surface area (Å²) in [7, 11) is 0.941. The highest BCUT2D eigenvalue weighted by Crippen LogP contribution is 2.19. The van der Waals surface area contributed by atoms with Crippen LogP contribution < -0.4 is 0 Å². The Morgan fingerprint density at radius 1 is 1.00 bits per heavy atom. The number of carbonyl (C=O) groups is 2. The largest absolute Gasteiger partial charge is 0.469 e. The van der Waals surface area contributed by atoms with Crippen molar-refractivity contribution in [3.63, 3.8) is 0 Å². The fourth-order valence-electron chi connectivity index (χ4n) is 2.65. The maximum atomic E-state index is 12.6. The van der Waals surface area contributed by atoms with Crippen molar-refractivity contribution in [3.8, 4) is 0 Å². The number of ether oxygens (including phenoxy) is 2. The van der Waals surface area contributed by atoms with E-state index in [1.54, 1.807) is 6.92 Å². The molecule has 160 valence electrons. The van der Waals surface area contributed by atoms with Crippen LogP contribution in [-0.2, 0) is 39.9 Å². The van der Waals surface area contributed by atoms with Crippen LogP contribution in [0.3, 0.4) is 0 Å². The van der Waals surface area contributed by atoms with Crippen molar-refractivity contribution in [2.75, 3.05) is 32.6 Å². The Bertz CT molecular complexity index is 438. The fraction of sp³-hybridized carbons (Fsp3) is 0.900. The third-order valence-corrected chi connectivity index (χ3v) is 7.14. The summed E-state index contributed by atoms with van der Waals surface area (Å²) in [6, 6.07) is 0. The Hall–Kier alpha value is -0.530. The lowest BCUT2D eigenvalue weighted by molar-refractivity contribution is -0.150. The zero-order chi connectivity index (χ0) is 20.7. The van der Waals surface area contributed by atoms with Gasteiger partial charge in [0, 0.05) is 18.8 Å². The maximum Gasteiger partial charge on any atom is 0.309 e. The number of hydrogen-bond acceptors (Lipinski definition) is 5. The molecule has 3 atom stereocenters. The van der Waals surface area contributed by atoms with Crippen LogP contribution >= 0.6 is 0 Å². The molecule has 0 aliphatic heterocycles. The van der Waals surface area contributed by atoms with E-state index in [1.807, 2.05) is 0 Å². The van der Waals surface area contributed by atoms with Gasteiger partial charge < -0.3 is 9.47 Å². The number of esters is 2. The van der Waals surface area contributed by atoms with Gasteiger partial charge >= 0.3 is 11.9 Å². The lowest BCUT2D eigenvalue weighted by Crippen LogP contribution is -2.35. The molecule has 0 rings (SSSR count). The van der Waals surface area contributed by atoms with Crippen molar-refractivity contribution >= 4 is 32.8 Å². The van der Waals surface area contributed by atoms with Crippen LogP contribution in [0.25, 0.3) is 0 Å². The van der Waals surface area contributed by atoms with Crippen molar-refractivity contribution in [3.05, 3.63) is 0 Å². The SMILES string of the molecule is CCCCOC(=O)C(CC(C)C(=O)OC)CS(=S)N(CCCC)CCCC.